The zero-order valence-electron chi connectivity index (χ0n) is 20.0. The van der Waals surface area contributed by atoms with Crippen LogP contribution in [0.3, 0.4) is 0 Å². The maximum Gasteiger partial charge on any atom is 0.298 e. The molecule has 0 saturated heterocycles. The van der Waals surface area contributed by atoms with Crippen LogP contribution < -0.4 is 9.47 Å². The number of carbonyl (C=O) groups is 1. The molecule has 0 aromatic heterocycles. The van der Waals surface area contributed by atoms with Crippen LogP contribution in [0.2, 0.25) is 0 Å². The van der Waals surface area contributed by atoms with Crippen molar-refractivity contribution in [2.45, 2.75) is 39.2 Å². The van der Waals surface area contributed by atoms with Crippen molar-refractivity contribution in [2.75, 3.05) is 0 Å². The molecule has 5 rings (SSSR count). The van der Waals surface area contributed by atoms with E-state index in [1.807, 2.05) is 26.8 Å². The lowest BCUT2D eigenvalue weighted by molar-refractivity contribution is -0.120. The van der Waals surface area contributed by atoms with Gasteiger partial charge in [-0.15, -0.1) is 0 Å². The fourth-order valence-corrected chi connectivity index (χ4v) is 5.36. The van der Waals surface area contributed by atoms with Crippen LogP contribution >= 0.6 is 0 Å². The van der Waals surface area contributed by atoms with Gasteiger partial charge in [0.1, 0.15) is 11.5 Å². The van der Waals surface area contributed by atoms with E-state index in [0.29, 0.717) is 12.2 Å². The van der Waals surface area contributed by atoms with E-state index in [2.05, 4.69) is 85.8 Å². The molecular weight excluding hydrogens is 420 g/mol. The maximum atomic E-state index is 11.0. The van der Waals surface area contributed by atoms with Crippen LogP contribution in [0.1, 0.15) is 47.2 Å². The lowest BCUT2D eigenvalue weighted by Crippen LogP contribution is -2.29. The van der Waals surface area contributed by atoms with Crippen LogP contribution in [-0.2, 0) is 10.2 Å². The minimum absolute atomic E-state index is 0.111. The molecule has 0 fully saturated rings. The number of carbonyl (C=O) groups excluding carboxylic acids is 1. The third-order valence-corrected chi connectivity index (χ3v) is 6.71. The Morgan fingerprint density at radius 2 is 1.21 bits per heavy atom. The monoisotopic (exact) mass is 448 g/mol. The van der Waals surface area contributed by atoms with E-state index < -0.39 is 5.41 Å². The van der Waals surface area contributed by atoms with Crippen LogP contribution in [0.25, 0.3) is 11.1 Å². The first-order valence-corrected chi connectivity index (χ1v) is 11.7. The molecule has 3 nitrogen and oxygen atoms in total. The Balaban J connectivity index is 1.84. The molecule has 0 heterocycles. The first-order chi connectivity index (χ1) is 16.5. The van der Waals surface area contributed by atoms with Crippen LogP contribution in [0.4, 0.5) is 0 Å². The van der Waals surface area contributed by atoms with Gasteiger partial charge in [0.2, 0.25) is 0 Å². The second-order valence-electron chi connectivity index (χ2n) is 9.18. The van der Waals surface area contributed by atoms with Crippen molar-refractivity contribution >= 4 is 6.47 Å². The molecular formula is C31H28O3. The van der Waals surface area contributed by atoms with E-state index >= 15 is 0 Å². The third-order valence-electron chi connectivity index (χ3n) is 6.71. The van der Waals surface area contributed by atoms with Gasteiger partial charge >= 0.3 is 0 Å². The van der Waals surface area contributed by atoms with Crippen LogP contribution in [0, 0.1) is 13.8 Å². The minimum Gasteiger partial charge on any atom is -0.491 e. The van der Waals surface area contributed by atoms with Crippen molar-refractivity contribution in [1.29, 1.82) is 0 Å². The summed E-state index contributed by atoms with van der Waals surface area (Å²) >= 11 is 0. The van der Waals surface area contributed by atoms with Gasteiger partial charge in [0.25, 0.3) is 6.47 Å². The molecule has 0 spiro atoms. The number of hydrogen-bond donors (Lipinski definition) is 0. The molecule has 1 aliphatic rings. The zero-order valence-corrected chi connectivity index (χ0v) is 20.0. The lowest BCUT2D eigenvalue weighted by atomic mass is 9.67. The quantitative estimate of drug-likeness (QED) is 0.263. The van der Waals surface area contributed by atoms with Gasteiger partial charge in [0.15, 0.2) is 0 Å². The highest BCUT2D eigenvalue weighted by atomic mass is 16.5. The fourth-order valence-electron chi connectivity index (χ4n) is 5.36. The third kappa shape index (κ3) is 3.31. The van der Waals surface area contributed by atoms with Crippen LogP contribution in [0.5, 0.6) is 11.5 Å². The molecule has 170 valence electrons. The van der Waals surface area contributed by atoms with Crippen molar-refractivity contribution in [3.05, 3.63) is 118 Å². The van der Waals surface area contributed by atoms with Gasteiger partial charge in [0.05, 0.1) is 11.5 Å². The summed E-state index contributed by atoms with van der Waals surface area (Å²) in [5.74, 6) is 1.48. The predicted octanol–water partition coefficient (Wildman–Crippen LogP) is 6.99. The van der Waals surface area contributed by atoms with Gasteiger partial charge in [-0.25, -0.2) is 0 Å². The summed E-state index contributed by atoms with van der Waals surface area (Å²) < 4.78 is 11.3. The summed E-state index contributed by atoms with van der Waals surface area (Å²) in [5.41, 5.74) is 8.81. The number of benzene rings is 4. The largest absolute Gasteiger partial charge is 0.491 e. The first-order valence-electron chi connectivity index (χ1n) is 11.7. The Morgan fingerprint density at radius 3 is 1.68 bits per heavy atom. The highest BCUT2D eigenvalue weighted by Gasteiger charge is 2.46. The zero-order chi connectivity index (χ0) is 23.9. The van der Waals surface area contributed by atoms with Gasteiger partial charge in [0, 0.05) is 0 Å². The highest BCUT2D eigenvalue weighted by Crippen LogP contribution is 2.56. The van der Waals surface area contributed by atoms with Crippen molar-refractivity contribution in [2.24, 2.45) is 0 Å². The van der Waals surface area contributed by atoms with Crippen molar-refractivity contribution in [3.63, 3.8) is 0 Å². The van der Waals surface area contributed by atoms with Gasteiger partial charge in [-0.05, 0) is 84.3 Å². The van der Waals surface area contributed by atoms with Gasteiger partial charge in [-0.2, -0.15) is 0 Å². The average Bonchev–Trinajstić information content (AvgIpc) is 3.13. The minimum atomic E-state index is -0.501. The molecule has 34 heavy (non-hydrogen) atoms. The number of hydrogen-bond acceptors (Lipinski definition) is 3. The maximum absolute atomic E-state index is 11.0. The van der Waals surface area contributed by atoms with E-state index in [4.69, 9.17) is 9.47 Å². The summed E-state index contributed by atoms with van der Waals surface area (Å²) in [7, 11) is 0. The average molecular weight is 449 g/mol. The van der Waals surface area contributed by atoms with E-state index in [-0.39, 0.29) is 6.10 Å². The Hall–Kier alpha value is -3.85. The lowest BCUT2D eigenvalue weighted by Gasteiger charge is -2.34. The van der Waals surface area contributed by atoms with Crippen molar-refractivity contribution < 1.29 is 14.3 Å². The van der Waals surface area contributed by atoms with E-state index in [1.54, 1.807) is 0 Å². The topological polar surface area (TPSA) is 35.5 Å². The summed E-state index contributed by atoms with van der Waals surface area (Å²) in [6, 6.07) is 29.9. The Bertz CT molecular complexity index is 1340. The van der Waals surface area contributed by atoms with Crippen LogP contribution in [-0.4, -0.2) is 12.6 Å². The predicted molar refractivity (Wildman–Crippen MR) is 136 cm³/mol. The molecule has 3 heteroatoms. The molecule has 1 aliphatic carbocycles. The molecule has 4 aromatic carbocycles. The second kappa shape index (κ2) is 8.49. The van der Waals surface area contributed by atoms with Gasteiger partial charge in [-0.1, -0.05) is 72.8 Å². The Morgan fingerprint density at radius 1 is 0.706 bits per heavy atom. The first kappa shape index (κ1) is 22.0. The highest BCUT2D eigenvalue weighted by molar-refractivity contribution is 5.86. The van der Waals surface area contributed by atoms with Crippen molar-refractivity contribution in [1.82, 2.24) is 0 Å². The molecule has 4 aromatic rings. The fraction of sp³-hybridized carbons (Fsp3) is 0.194. The van der Waals surface area contributed by atoms with E-state index in [9.17, 15) is 4.79 Å². The number of aryl methyl sites for hydroxylation is 2. The van der Waals surface area contributed by atoms with E-state index in [1.165, 1.54) is 27.8 Å². The number of fused-ring (bicyclic) bond motifs is 3. The summed E-state index contributed by atoms with van der Waals surface area (Å²) in [6.07, 6.45) is 0.111. The molecule has 0 saturated carbocycles. The van der Waals surface area contributed by atoms with Crippen LogP contribution in [0.15, 0.2) is 84.9 Å². The van der Waals surface area contributed by atoms with E-state index in [0.717, 1.165) is 22.4 Å². The number of ether oxygens (including phenoxy) is 2. The smallest absolute Gasteiger partial charge is 0.298 e. The summed E-state index contributed by atoms with van der Waals surface area (Å²) in [6.45, 7) is 8.66. The number of rotatable bonds is 6. The molecule has 0 N–H and O–H groups in total. The normalized spacial score (nSPS) is 13.3. The molecule has 0 atom stereocenters. The molecule has 0 unspecified atom stereocenters. The summed E-state index contributed by atoms with van der Waals surface area (Å²) in [5, 5.41) is 0. The summed E-state index contributed by atoms with van der Waals surface area (Å²) in [4.78, 5) is 11.0. The standard InChI is InChI=1S/C31H28O3/c1-20(2)34-30-16-14-24(18-22(30)4)31(23-13-15-29(33-19-32)21(3)17-23)27-11-7-5-9-25(27)26-10-6-8-12-28(26)31/h5-20H,1-4H3. The van der Waals surface area contributed by atoms with Gasteiger partial charge in [-0.3, -0.25) is 4.79 Å². The SMILES string of the molecule is Cc1cc(C2(c3ccc(OC(C)C)c(C)c3)c3ccccc3-c3ccccc32)ccc1OC=O. The Labute approximate surface area is 201 Å². The molecule has 0 radical (unpaired) electrons. The molecule has 0 amide bonds. The van der Waals surface area contributed by atoms with Gasteiger partial charge < -0.3 is 9.47 Å². The van der Waals surface area contributed by atoms with Crippen molar-refractivity contribution in [3.8, 4) is 22.6 Å². The Kier molecular flexibility index (Phi) is 5.49. The second-order valence-corrected chi connectivity index (χ2v) is 9.18. The molecule has 0 aliphatic heterocycles. The molecule has 0 bridgehead atoms.